The number of amides is 2. The lowest BCUT2D eigenvalue weighted by atomic mass is 10.2. The van der Waals surface area contributed by atoms with Crippen molar-refractivity contribution in [3.63, 3.8) is 0 Å². The first kappa shape index (κ1) is 18.3. The number of anilines is 3. The van der Waals surface area contributed by atoms with Crippen LogP contribution in [0.4, 0.5) is 17.1 Å². The van der Waals surface area contributed by atoms with Crippen LogP contribution in [0, 0.1) is 11.3 Å². The molecule has 0 spiro atoms. The minimum atomic E-state index is -0.219. The van der Waals surface area contributed by atoms with E-state index in [4.69, 9.17) is 10.00 Å². The molecule has 7 nitrogen and oxygen atoms in total. The van der Waals surface area contributed by atoms with Crippen molar-refractivity contribution in [2.24, 2.45) is 0 Å². The van der Waals surface area contributed by atoms with Crippen LogP contribution in [-0.4, -0.2) is 32.0 Å². The smallest absolute Gasteiger partial charge is 0.243 e. The van der Waals surface area contributed by atoms with Gasteiger partial charge < -0.3 is 20.3 Å². The van der Waals surface area contributed by atoms with Crippen LogP contribution in [0.15, 0.2) is 42.5 Å². The molecule has 0 unspecified atom stereocenters. The van der Waals surface area contributed by atoms with E-state index in [0.717, 1.165) is 12.1 Å². The molecule has 3 rings (SSSR count). The Balaban J connectivity index is 1.65. The number of methoxy groups -OCH3 is 1. The molecule has 1 heterocycles. The van der Waals surface area contributed by atoms with Crippen molar-refractivity contribution in [3.8, 4) is 11.8 Å². The van der Waals surface area contributed by atoms with Crippen molar-refractivity contribution in [2.45, 2.75) is 12.8 Å². The second-order valence-electron chi connectivity index (χ2n) is 6.13. The summed E-state index contributed by atoms with van der Waals surface area (Å²) in [5.41, 5.74) is 2.57. The topological polar surface area (TPSA) is 94.5 Å². The van der Waals surface area contributed by atoms with E-state index in [1.165, 1.54) is 0 Å². The Hall–Kier alpha value is -3.53. The third-order valence-corrected chi connectivity index (χ3v) is 4.29. The monoisotopic (exact) mass is 364 g/mol. The molecule has 2 aromatic carbocycles. The molecule has 2 N–H and O–H groups in total. The minimum absolute atomic E-state index is 0.0549. The average molecular weight is 364 g/mol. The van der Waals surface area contributed by atoms with Gasteiger partial charge in [-0.3, -0.25) is 9.59 Å². The molecule has 0 saturated carbocycles. The average Bonchev–Trinajstić information content (AvgIpc) is 3.12. The van der Waals surface area contributed by atoms with Crippen LogP contribution in [0.2, 0.25) is 0 Å². The molecule has 27 heavy (non-hydrogen) atoms. The Morgan fingerprint density at radius 1 is 1.22 bits per heavy atom. The second kappa shape index (κ2) is 8.23. The molecular formula is C20H20N4O3. The van der Waals surface area contributed by atoms with E-state index in [-0.39, 0.29) is 18.4 Å². The van der Waals surface area contributed by atoms with Crippen LogP contribution in [0.3, 0.4) is 0 Å². The van der Waals surface area contributed by atoms with Crippen molar-refractivity contribution in [1.82, 2.24) is 0 Å². The molecule has 0 bridgehead atoms. The molecule has 0 aliphatic carbocycles. The normalized spacial score (nSPS) is 13.2. The van der Waals surface area contributed by atoms with Gasteiger partial charge in [0.15, 0.2) is 0 Å². The molecule has 0 radical (unpaired) electrons. The van der Waals surface area contributed by atoms with Gasteiger partial charge in [-0.1, -0.05) is 0 Å². The van der Waals surface area contributed by atoms with Gasteiger partial charge in [-0.25, -0.2) is 0 Å². The van der Waals surface area contributed by atoms with Crippen molar-refractivity contribution in [2.75, 3.05) is 35.7 Å². The molecule has 2 aromatic rings. The highest BCUT2D eigenvalue weighted by Gasteiger charge is 2.24. The van der Waals surface area contributed by atoms with Crippen LogP contribution in [0.1, 0.15) is 18.4 Å². The lowest BCUT2D eigenvalue weighted by Gasteiger charge is -2.20. The van der Waals surface area contributed by atoms with Gasteiger partial charge in [-0.15, -0.1) is 0 Å². The van der Waals surface area contributed by atoms with E-state index < -0.39 is 0 Å². The number of nitrogens with zero attached hydrogens (tertiary/aromatic N) is 2. The van der Waals surface area contributed by atoms with Gasteiger partial charge in [0, 0.05) is 24.3 Å². The molecule has 1 saturated heterocycles. The van der Waals surface area contributed by atoms with Crippen molar-refractivity contribution in [1.29, 1.82) is 5.26 Å². The predicted octanol–water partition coefficient (Wildman–Crippen LogP) is 2.74. The fourth-order valence-corrected chi connectivity index (χ4v) is 2.93. The number of hydrogen-bond donors (Lipinski definition) is 2. The molecular weight excluding hydrogens is 344 g/mol. The zero-order chi connectivity index (χ0) is 19.2. The van der Waals surface area contributed by atoms with Gasteiger partial charge in [0.25, 0.3) is 0 Å². The van der Waals surface area contributed by atoms with E-state index in [1.807, 2.05) is 6.07 Å². The van der Waals surface area contributed by atoms with Gasteiger partial charge >= 0.3 is 0 Å². The molecule has 7 heteroatoms. The first-order chi connectivity index (χ1) is 13.1. The number of nitriles is 1. The second-order valence-corrected chi connectivity index (χ2v) is 6.13. The summed E-state index contributed by atoms with van der Waals surface area (Å²) < 4.78 is 5.35. The summed E-state index contributed by atoms with van der Waals surface area (Å²) in [6, 6.07) is 14.1. The first-order valence-corrected chi connectivity index (χ1v) is 8.63. The molecule has 2 amide bonds. The highest BCUT2D eigenvalue weighted by atomic mass is 16.5. The highest BCUT2D eigenvalue weighted by Crippen LogP contribution is 2.34. The molecule has 0 atom stereocenters. The van der Waals surface area contributed by atoms with E-state index in [1.54, 1.807) is 54.5 Å². The van der Waals surface area contributed by atoms with E-state index in [9.17, 15) is 9.59 Å². The fourth-order valence-electron chi connectivity index (χ4n) is 2.93. The quantitative estimate of drug-likeness (QED) is 0.822. The summed E-state index contributed by atoms with van der Waals surface area (Å²) in [6.07, 6.45) is 1.33. The maximum absolute atomic E-state index is 12.2. The van der Waals surface area contributed by atoms with Gasteiger partial charge in [0.05, 0.1) is 31.0 Å². The summed E-state index contributed by atoms with van der Waals surface area (Å²) in [6.45, 7) is 0.725. The number of carbonyl (C=O) groups is 2. The van der Waals surface area contributed by atoms with Crippen molar-refractivity contribution < 1.29 is 14.3 Å². The summed E-state index contributed by atoms with van der Waals surface area (Å²) in [5, 5.41) is 14.6. The summed E-state index contributed by atoms with van der Waals surface area (Å²) >= 11 is 0. The van der Waals surface area contributed by atoms with Crippen molar-refractivity contribution >= 4 is 28.9 Å². The minimum Gasteiger partial charge on any atom is -0.495 e. The van der Waals surface area contributed by atoms with Gasteiger partial charge in [-0.05, 0) is 48.9 Å². The third kappa shape index (κ3) is 4.36. The zero-order valence-corrected chi connectivity index (χ0v) is 15.0. The van der Waals surface area contributed by atoms with Gasteiger partial charge in [0.1, 0.15) is 5.75 Å². The SMILES string of the molecule is COc1ccc(NC(=O)CNc2ccc(C#N)cc2)cc1N1CCCC1=O. The Morgan fingerprint density at radius 2 is 1.96 bits per heavy atom. The molecule has 138 valence electrons. The first-order valence-electron chi connectivity index (χ1n) is 8.63. The molecule has 1 aliphatic heterocycles. The fraction of sp³-hybridized carbons (Fsp3) is 0.250. The molecule has 1 fully saturated rings. The number of benzene rings is 2. The Labute approximate surface area is 157 Å². The standard InChI is InChI=1S/C20H20N4O3/c1-27-18-9-8-16(11-17(18)24-10-2-3-20(24)26)23-19(25)13-22-15-6-4-14(12-21)5-7-15/h4-9,11,22H,2-3,10,13H2,1H3,(H,23,25). The van der Waals surface area contributed by atoms with Crippen LogP contribution >= 0.6 is 0 Å². The number of carbonyl (C=O) groups excluding carboxylic acids is 2. The Kier molecular flexibility index (Phi) is 5.57. The van der Waals surface area contributed by atoms with Crippen LogP contribution in [0.5, 0.6) is 5.75 Å². The Morgan fingerprint density at radius 3 is 2.59 bits per heavy atom. The van der Waals surface area contributed by atoms with E-state index in [2.05, 4.69) is 10.6 Å². The number of nitrogens with one attached hydrogen (secondary N) is 2. The largest absolute Gasteiger partial charge is 0.495 e. The number of hydrogen-bond acceptors (Lipinski definition) is 5. The van der Waals surface area contributed by atoms with Crippen LogP contribution in [0.25, 0.3) is 0 Å². The van der Waals surface area contributed by atoms with E-state index in [0.29, 0.717) is 35.7 Å². The predicted molar refractivity (Wildman–Crippen MR) is 103 cm³/mol. The van der Waals surface area contributed by atoms with Crippen molar-refractivity contribution in [3.05, 3.63) is 48.0 Å². The molecule has 1 aliphatic rings. The lowest BCUT2D eigenvalue weighted by molar-refractivity contribution is -0.117. The van der Waals surface area contributed by atoms with Crippen LogP contribution < -0.4 is 20.3 Å². The summed E-state index contributed by atoms with van der Waals surface area (Å²) in [4.78, 5) is 25.9. The van der Waals surface area contributed by atoms with Gasteiger partial charge in [-0.2, -0.15) is 5.26 Å². The maximum atomic E-state index is 12.2. The maximum Gasteiger partial charge on any atom is 0.243 e. The Bertz CT molecular complexity index is 887. The van der Waals surface area contributed by atoms with Gasteiger partial charge in [0.2, 0.25) is 11.8 Å². The highest BCUT2D eigenvalue weighted by molar-refractivity contribution is 5.99. The number of rotatable bonds is 6. The summed E-state index contributed by atoms with van der Waals surface area (Å²) in [7, 11) is 1.55. The van der Waals surface area contributed by atoms with E-state index >= 15 is 0 Å². The lowest BCUT2D eigenvalue weighted by Crippen LogP contribution is -2.25. The zero-order valence-electron chi connectivity index (χ0n) is 15.0. The third-order valence-electron chi connectivity index (χ3n) is 4.29. The van der Waals surface area contributed by atoms with Crippen LogP contribution in [-0.2, 0) is 9.59 Å². The number of ether oxygens (including phenoxy) is 1. The molecule has 0 aromatic heterocycles. The summed E-state index contributed by atoms with van der Waals surface area (Å²) in [5.74, 6) is 0.432.